The average Bonchev–Trinajstić information content (AvgIpc) is 2.67. The summed E-state index contributed by atoms with van der Waals surface area (Å²) in [6.45, 7) is 4.58. The van der Waals surface area contributed by atoms with Gasteiger partial charge in [-0.25, -0.2) is 0 Å². The van der Waals surface area contributed by atoms with Crippen molar-refractivity contribution in [3.05, 3.63) is 34.9 Å². The van der Waals surface area contributed by atoms with Gasteiger partial charge in [-0.3, -0.25) is 0 Å². The molecule has 3 aliphatic carbocycles. The van der Waals surface area contributed by atoms with Crippen LogP contribution in [0.2, 0.25) is 0 Å². The topological polar surface area (TPSA) is 0 Å². The Hall–Kier alpha value is -0.780. The Morgan fingerprint density at radius 3 is 2.42 bits per heavy atom. The molecule has 4 rings (SSSR count). The molecule has 2 fully saturated rings. The Labute approximate surface area is 162 Å². The molecule has 0 saturated heterocycles. The van der Waals surface area contributed by atoms with E-state index in [-0.39, 0.29) is 0 Å². The summed E-state index contributed by atoms with van der Waals surface area (Å²) in [5.41, 5.74) is 4.77. The molecule has 1 aromatic rings. The van der Waals surface area contributed by atoms with Gasteiger partial charge in [-0.15, -0.1) is 0 Å². The Morgan fingerprint density at radius 1 is 0.808 bits per heavy atom. The number of unbranched alkanes of at least 4 members (excludes halogenated alkanes) is 2. The summed E-state index contributed by atoms with van der Waals surface area (Å²) in [7, 11) is 0. The maximum atomic E-state index is 2.45. The lowest BCUT2D eigenvalue weighted by Crippen LogP contribution is -2.35. The van der Waals surface area contributed by atoms with Crippen LogP contribution in [-0.4, -0.2) is 0 Å². The fraction of sp³-hybridized carbons (Fsp3) is 0.769. The maximum absolute atomic E-state index is 2.45. The molecule has 0 amide bonds. The van der Waals surface area contributed by atoms with E-state index in [9.17, 15) is 0 Å². The molecule has 0 radical (unpaired) electrons. The van der Waals surface area contributed by atoms with Gasteiger partial charge in [0.15, 0.2) is 0 Å². The number of fused-ring (bicyclic) bond motifs is 2. The first kappa shape index (κ1) is 18.6. The van der Waals surface area contributed by atoms with E-state index < -0.39 is 0 Å². The summed E-state index contributed by atoms with van der Waals surface area (Å²) >= 11 is 0. The molecule has 5 atom stereocenters. The molecule has 2 saturated carbocycles. The predicted octanol–water partition coefficient (Wildman–Crippen LogP) is 7.51. The van der Waals surface area contributed by atoms with Crippen LogP contribution >= 0.6 is 0 Å². The van der Waals surface area contributed by atoms with E-state index in [0.717, 1.165) is 29.6 Å². The van der Waals surface area contributed by atoms with Crippen molar-refractivity contribution in [1.29, 1.82) is 0 Å². The average molecular weight is 353 g/mol. The molecule has 144 valence electrons. The highest BCUT2D eigenvalue weighted by Crippen LogP contribution is 2.49. The van der Waals surface area contributed by atoms with Crippen molar-refractivity contribution in [3.8, 4) is 0 Å². The van der Waals surface area contributed by atoms with Crippen molar-refractivity contribution in [1.82, 2.24) is 0 Å². The van der Waals surface area contributed by atoms with Gasteiger partial charge in [0.2, 0.25) is 0 Å². The summed E-state index contributed by atoms with van der Waals surface area (Å²) in [6.07, 6.45) is 19.4. The lowest BCUT2D eigenvalue weighted by atomic mass is 9.61. The lowest BCUT2D eigenvalue weighted by molar-refractivity contribution is 0.0690. The highest BCUT2D eigenvalue weighted by molar-refractivity contribution is 5.33. The van der Waals surface area contributed by atoms with Gasteiger partial charge in [0.25, 0.3) is 0 Å². The van der Waals surface area contributed by atoms with Crippen molar-refractivity contribution in [2.24, 2.45) is 29.6 Å². The highest BCUT2D eigenvalue weighted by Gasteiger charge is 2.38. The van der Waals surface area contributed by atoms with Crippen LogP contribution in [0.4, 0.5) is 0 Å². The number of rotatable bonds is 5. The van der Waals surface area contributed by atoms with E-state index in [2.05, 4.69) is 32.0 Å². The largest absolute Gasteiger partial charge is 0.0654 e. The monoisotopic (exact) mass is 352 g/mol. The molecule has 0 spiro atoms. The van der Waals surface area contributed by atoms with Gasteiger partial charge < -0.3 is 0 Å². The third-order valence-electron chi connectivity index (χ3n) is 8.27. The van der Waals surface area contributed by atoms with Crippen molar-refractivity contribution >= 4 is 0 Å². The zero-order valence-corrected chi connectivity index (χ0v) is 17.3. The quantitative estimate of drug-likeness (QED) is 0.481. The number of aryl methyl sites for hydroxylation is 2. The van der Waals surface area contributed by atoms with Crippen LogP contribution in [0.5, 0.6) is 0 Å². The van der Waals surface area contributed by atoms with Crippen molar-refractivity contribution < 1.29 is 0 Å². The van der Waals surface area contributed by atoms with Gasteiger partial charge in [-0.2, -0.15) is 0 Å². The summed E-state index contributed by atoms with van der Waals surface area (Å²) in [5, 5.41) is 0. The second-order valence-corrected chi connectivity index (χ2v) is 10.0. The number of hydrogen-bond acceptors (Lipinski definition) is 0. The molecule has 5 unspecified atom stereocenters. The van der Waals surface area contributed by atoms with Gasteiger partial charge in [-0.1, -0.05) is 62.8 Å². The fourth-order valence-electron chi connectivity index (χ4n) is 6.71. The van der Waals surface area contributed by atoms with Gasteiger partial charge in [0, 0.05) is 0 Å². The first-order valence-electron chi connectivity index (χ1n) is 11.8. The predicted molar refractivity (Wildman–Crippen MR) is 112 cm³/mol. The Bertz CT molecular complexity index is 586. The van der Waals surface area contributed by atoms with Crippen LogP contribution in [0.15, 0.2) is 18.2 Å². The van der Waals surface area contributed by atoms with Crippen molar-refractivity contribution in [2.45, 2.75) is 97.3 Å². The second kappa shape index (κ2) is 8.49. The molecule has 26 heavy (non-hydrogen) atoms. The smallest absolute Gasteiger partial charge is 0.0245 e. The van der Waals surface area contributed by atoms with E-state index in [0.29, 0.717) is 0 Å². The van der Waals surface area contributed by atoms with Gasteiger partial charge in [-0.05, 0) is 99.0 Å². The molecule has 1 aromatic carbocycles. The minimum atomic E-state index is 0.980. The lowest BCUT2D eigenvalue weighted by Gasteiger charge is -2.45. The molecule has 0 N–H and O–H groups in total. The third kappa shape index (κ3) is 4.20. The van der Waals surface area contributed by atoms with Crippen LogP contribution in [-0.2, 0) is 12.8 Å². The highest BCUT2D eigenvalue weighted by atomic mass is 14.4. The summed E-state index contributed by atoms with van der Waals surface area (Å²) in [4.78, 5) is 0. The van der Waals surface area contributed by atoms with E-state index in [1.165, 1.54) is 56.9 Å². The van der Waals surface area contributed by atoms with E-state index >= 15 is 0 Å². The van der Waals surface area contributed by atoms with E-state index in [1.807, 2.05) is 0 Å². The van der Waals surface area contributed by atoms with Crippen LogP contribution in [0.1, 0.15) is 94.2 Å². The molecular weight excluding hydrogens is 312 g/mol. The SMILES string of the molecule is CCCCCC1CCC2CC(C3CCc4cc(C)ccc4C3)CCC2C1. The van der Waals surface area contributed by atoms with Gasteiger partial charge >= 0.3 is 0 Å². The maximum Gasteiger partial charge on any atom is -0.0245 e. The fourth-order valence-corrected chi connectivity index (χ4v) is 6.71. The molecule has 3 aliphatic rings. The Morgan fingerprint density at radius 2 is 1.58 bits per heavy atom. The second-order valence-electron chi connectivity index (χ2n) is 10.0. The number of hydrogen-bond donors (Lipinski definition) is 0. The molecule has 0 heterocycles. The standard InChI is InChI=1S/C26H40/c1-3-4-5-6-20-8-10-24-18-26(14-12-22(24)16-20)25-13-11-21-15-19(2)7-9-23(21)17-25/h7,9,15,20,22,24-26H,3-6,8,10-14,16-18H2,1-2H3. The third-order valence-corrected chi connectivity index (χ3v) is 8.27. The van der Waals surface area contributed by atoms with Crippen LogP contribution in [0, 0.1) is 36.5 Å². The van der Waals surface area contributed by atoms with Gasteiger partial charge in [0.1, 0.15) is 0 Å². The number of benzene rings is 1. The Balaban J connectivity index is 1.30. The van der Waals surface area contributed by atoms with Gasteiger partial charge in [0.05, 0.1) is 0 Å². The van der Waals surface area contributed by atoms with Crippen LogP contribution in [0.3, 0.4) is 0 Å². The molecule has 0 nitrogen and oxygen atoms in total. The van der Waals surface area contributed by atoms with Crippen molar-refractivity contribution in [3.63, 3.8) is 0 Å². The van der Waals surface area contributed by atoms with Crippen LogP contribution in [0.25, 0.3) is 0 Å². The van der Waals surface area contributed by atoms with Crippen LogP contribution < -0.4 is 0 Å². The minimum Gasteiger partial charge on any atom is -0.0654 e. The minimum absolute atomic E-state index is 0.980. The zero-order chi connectivity index (χ0) is 17.9. The molecule has 0 aliphatic heterocycles. The summed E-state index contributed by atoms with van der Waals surface area (Å²) in [6, 6.07) is 7.21. The summed E-state index contributed by atoms with van der Waals surface area (Å²) in [5.74, 6) is 5.25. The van der Waals surface area contributed by atoms with Crippen molar-refractivity contribution in [2.75, 3.05) is 0 Å². The normalized spacial score (nSPS) is 34.2. The zero-order valence-electron chi connectivity index (χ0n) is 17.3. The first-order chi connectivity index (χ1) is 12.7. The molecule has 0 heteroatoms. The van der Waals surface area contributed by atoms with E-state index in [4.69, 9.17) is 0 Å². The molecule has 0 bridgehead atoms. The Kier molecular flexibility index (Phi) is 6.07. The molecule has 0 aromatic heterocycles. The first-order valence-corrected chi connectivity index (χ1v) is 11.8. The summed E-state index contributed by atoms with van der Waals surface area (Å²) < 4.78 is 0. The molecular formula is C26H40. The van der Waals surface area contributed by atoms with E-state index in [1.54, 1.807) is 43.2 Å².